The van der Waals surface area contributed by atoms with Crippen LogP contribution in [-0.2, 0) is 0 Å². The molecule has 3 rings (SSSR count). The molecule has 0 bridgehead atoms. The fourth-order valence-electron chi connectivity index (χ4n) is 4.10. The lowest BCUT2D eigenvalue weighted by Crippen LogP contribution is -2.31. The number of amides is 2. The fraction of sp³-hybridized carbons (Fsp3) is 0.636. The number of carbonyl (C=O) groups is 2. The lowest BCUT2D eigenvalue weighted by atomic mass is 9.95. The van der Waals surface area contributed by atoms with E-state index in [0.29, 0.717) is 36.1 Å². The maximum atomic E-state index is 12.3. The van der Waals surface area contributed by atoms with Crippen molar-refractivity contribution in [3.05, 3.63) is 35.4 Å². The van der Waals surface area contributed by atoms with Crippen LogP contribution in [0.25, 0.3) is 0 Å². The zero-order valence-corrected chi connectivity index (χ0v) is 16.8. The Kier molecular flexibility index (Phi) is 8.30. The average Bonchev–Trinajstić information content (AvgIpc) is 2.75. The van der Waals surface area contributed by atoms with Gasteiger partial charge in [-0.15, -0.1) is 0 Å². The molecular formula is C22H34N4O2. The van der Waals surface area contributed by atoms with Crippen LogP contribution in [0.4, 0.5) is 0 Å². The minimum absolute atomic E-state index is 0.0631. The van der Waals surface area contributed by atoms with Crippen molar-refractivity contribution in [1.29, 1.82) is 0 Å². The van der Waals surface area contributed by atoms with Gasteiger partial charge in [-0.2, -0.15) is 0 Å². The van der Waals surface area contributed by atoms with Crippen LogP contribution in [0, 0.1) is 11.8 Å². The zero-order chi connectivity index (χ0) is 19.6. The van der Waals surface area contributed by atoms with Crippen molar-refractivity contribution in [1.82, 2.24) is 21.3 Å². The van der Waals surface area contributed by atoms with Crippen molar-refractivity contribution in [3.63, 3.8) is 0 Å². The second kappa shape index (κ2) is 11.2. The van der Waals surface area contributed by atoms with Gasteiger partial charge in [0.05, 0.1) is 0 Å². The maximum Gasteiger partial charge on any atom is 0.251 e. The molecule has 2 aliphatic rings. The third kappa shape index (κ3) is 6.60. The van der Waals surface area contributed by atoms with Crippen LogP contribution in [0.3, 0.4) is 0 Å². The smallest absolute Gasteiger partial charge is 0.251 e. The number of hydrogen-bond donors (Lipinski definition) is 4. The lowest BCUT2D eigenvalue weighted by molar-refractivity contribution is 0.0938. The number of piperidine rings is 2. The Labute approximate surface area is 168 Å². The molecule has 0 unspecified atom stereocenters. The van der Waals surface area contributed by atoms with Gasteiger partial charge in [-0.05, 0) is 101 Å². The highest BCUT2D eigenvalue weighted by Gasteiger charge is 2.15. The van der Waals surface area contributed by atoms with Crippen LogP contribution >= 0.6 is 0 Å². The van der Waals surface area contributed by atoms with E-state index in [1.807, 2.05) is 0 Å². The van der Waals surface area contributed by atoms with E-state index in [1.54, 1.807) is 24.3 Å². The van der Waals surface area contributed by atoms with Crippen LogP contribution in [0.2, 0.25) is 0 Å². The molecule has 1 aromatic carbocycles. The third-order valence-corrected chi connectivity index (χ3v) is 6.00. The van der Waals surface area contributed by atoms with E-state index in [9.17, 15) is 9.59 Å². The van der Waals surface area contributed by atoms with Crippen molar-refractivity contribution >= 4 is 11.8 Å². The van der Waals surface area contributed by atoms with Gasteiger partial charge in [-0.3, -0.25) is 9.59 Å². The molecule has 28 heavy (non-hydrogen) atoms. The summed E-state index contributed by atoms with van der Waals surface area (Å²) in [5.74, 6) is 1.29. The Morgan fingerprint density at radius 1 is 0.714 bits per heavy atom. The summed E-state index contributed by atoms with van der Waals surface area (Å²) < 4.78 is 0. The summed E-state index contributed by atoms with van der Waals surface area (Å²) in [5, 5.41) is 12.7. The van der Waals surface area contributed by atoms with Gasteiger partial charge in [0.2, 0.25) is 0 Å². The predicted octanol–water partition coefficient (Wildman–Crippen LogP) is 1.93. The molecule has 0 spiro atoms. The summed E-state index contributed by atoms with van der Waals surface area (Å²) in [7, 11) is 0. The van der Waals surface area contributed by atoms with E-state index in [1.165, 1.54) is 25.7 Å². The van der Waals surface area contributed by atoms with E-state index in [4.69, 9.17) is 0 Å². The summed E-state index contributed by atoms with van der Waals surface area (Å²) >= 11 is 0. The molecular weight excluding hydrogens is 352 g/mol. The number of nitrogens with one attached hydrogen (secondary N) is 4. The van der Waals surface area contributed by atoms with Crippen LogP contribution in [0.1, 0.15) is 59.2 Å². The van der Waals surface area contributed by atoms with Gasteiger partial charge in [-0.25, -0.2) is 0 Å². The first-order chi connectivity index (χ1) is 13.7. The SMILES string of the molecule is O=C(NCCC1CCNCC1)c1ccc(C(=O)NCCC2CCNCC2)cc1. The van der Waals surface area contributed by atoms with Gasteiger partial charge in [0.15, 0.2) is 0 Å². The van der Waals surface area contributed by atoms with Crippen molar-refractivity contribution in [3.8, 4) is 0 Å². The highest BCUT2D eigenvalue weighted by Crippen LogP contribution is 2.16. The molecule has 2 aliphatic heterocycles. The van der Waals surface area contributed by atoms with Gasteiger partial charge in [-0.1, -0.05) is 0 Å². The molecule has 4 N–H and O–H groups in total. The molecule has 6 nitrogen and oxygen atoms in total. The van der Waals surface area contributed by atoms with E-state index >= 15 is 0 Å². The van der Waals surface area contributed by atoms with Crippen molar-refractivity contribution in [2.45, 2.75) is 38.5 Å². The van der Waals surface area contributed by atoms with Gasteiger partial charge in [0, 0.05) is 24.2 Å². The summed E-state index contributed by atoms with van der Waals surface area (Å²) in [4.78, 5) is 24.6. The molecule has 154 valence electrons. The van der Waals surface area contributed by atoms with Crippen molar-refractivity contribution in [2.24, 2.45) is 11.8 Å². The summed E-state index contributed by atoms with van der Waals surface area (Å²) in [5.41, 5.74) is 1.22. The highest BCUT2D eigenvalue weighted by molar-refractivity contribution is 5.97. The molecule has 1 aromatic rings. The first kappa shape index (κ1) is 20.8. The maximum absolute atomic E-state index is 12.3. The summed E-state index contributed by atoms with van der Waals surface area (Å²) in [6.45, 7) is 5.75. The first-order valence-electron chi connectivity index (χ1n) is 10.8. The van der Waals surface area contributed by atoms with Gasteiger partial charge >= 0.3 is 0 Å². The van der Waals surface area contributed by atoms with Gasteiger partial charge in [0.1, 0.15) is 0 Å². The predicted molar refractivity (Wildman–Crippen MR) is 112 cm³/mol. The number of carbonyl (C=O) groups excluding carboxylic acids is 2. The molecule has 0 aromatic heterocycles. The molecule has 2 saturated heterocycles. The van der Waals surface area contributed by atoms with E-state index in [-0.39, 0.29) is 11.8 Å². The molecule has 2 fully saturated rings. The lowest BCUT2D eigenvalue weighted by Gasteiger charge is -2.22. The van der Waals surface area contributed by atoms with E-state index < -0.39 is 0 Å². The third-order valence-electron chi connectivity index (χ3n) is 6.00. The van der Waals surface area contributed by atoms with Gasteiger partial charge < -0.3 is 21.3 Å². The standard InChI is InChI=1S/C22H34N4O2/c27-21(25-15-9-17-5-11-23-12-6-17)19-1-2-20(4-3-19)22(28)26-16-10-18-7-13-24-14-8-18/h1-4,17-18,23-24H,5-16H2,(H,25,27)(H,26,28). The second-order valence-electron chi connectivity index (χ2n) is 8.05. The van der Waals surface area contributed by atoms with Crippen molar-refractivity contribution in [2.75, 3.05) is 39.3 Å². The van der Waals surface area contributed by atoms with E-state index in [0.717, 1.165) is 39.0 Å². The quantitative estimate of drug-likeness (QED) is 0.550. The Hall–Kier alpha value is -1.92. The fourth-order valence-corrected chi connectivity index (χ4v) is 4.10. The average molecular weight is 387 g/mol. The summed E-state index contributed by atoms with van der Waals surface area (Å²) in [6, 6.07) is 6.95. The van der Waals surface area contributed by atoms with Gasteiger partial charge in [0.25, 0.3) is 11.8 Å². The Bertz CT molecular complexity index is 565. The molecule has 0 atom stereocenters. The molecule has 0 aliphatic carbocycles. The number of rotatable bonds is 8. The Morgan fingerprint density at radius 3 is 1.43 bits per heavy atom. The number of benzene rings is 1. The van der Waals surface area contributed by atoms with Crippen LogP contribution in [0.15, 0.2) is 24.3 Å². The zero-order valence-electron chi connectivity index (χ0n) is 16.8. The Balaban J connectivity index is 1.36. The van der Waals surface area contributed by atoms with Crippen molar-refractivity contribution < 1.29 is 9.59 Å². The van der Waals surface area contributed by atoms with Crippen LogP contribution < -0.4 is 21.3 Å². The molecule has 6 heteroatoms. The van der Waals surface area contributed by atoms with Crippen LogP contribution in [0.5, 0.6) is 0 Å². The second-order valence-corrected chi connectivity index (χ2v) is 8.05. The number of hydrogen-bond acceptors (Lipinski definition) is 4. The Morgan fingerprint density at radius 2 is 1.07 bits per heavy atom. The monoisotopic (exact) mass is 386 g/mol. The molecule has 0 radical (unpaired) electrons. The minimum Gasteiger partial charge on any atom is -0.352 e. The molecule has 2 amide bonds. The minimum atomic E-state index is -0.0631. The first-order valence-corrected chi connectivity index (χ1v) is 10.8. The summed E-state index contributed by atoms with van der Waals surface area (Å²) in [6.07, 6.45) is 6.83. The van der Waals surface area contributed by atoms with Crippen LogP contribution in [-0.4, -0.2) is 51.1 Å². The topological polar surface area (TPSA) is 82.3 Å². The van der Waals surface area contributed by atoms with E-state index in [2.05, 4.69) is 21.3 Å². The largest absolute Gasteiger partial charge is 0.352 e. The highest BCUT2D eigenvalue weighted by atomic mass is 16.2. The normalized spacial score (nSPS) is 18.6. The molecule has 2 heterocycles. The molecule has 0 saturated carbocycles.